The summed E-state index contributed by atoms with van der Waals surface area (Å²) in [5.41, 5.74) is 5.58. The maximum atomic E-state index is 5.58. The molecule has 0 saturated heterocycles. The zero-order chi connectivity index (χ0) is 9.68. The molecule has 0 spiro atoms. The van der Waals surface area contributed by atoms with E-state index in [1.807, 2.05) is 6.92 Å². The second-order valence-electron chi connectivity index (χ2n) is 3.09. The Morgan fingerprint density at radius 2 is 2.46 bits per heavy atom. The highest BCUT2D eigenvalue weighted by molar-refractivity contribution is 7.10. The third-order valence-corrected chi connectivity index (χ3v) is 2.77. The van der Waals surface area contributed by atoms with Crippen LogP contribution in [0.4, 0.5) is 0 Å². The first kappa shape index (κ1) is 10.3. The number of amidine groups is 1. The van der Waals surface area contributed by atoms with Crippen molar-refractivity contribution in [3.8, 4) is 0 Å². The summed E-state index contributed by atoms with van der Waals surface area (Å²) >= 11 is 1.75. The molecule has 2 nitrogen and oxygen atoms in total. The molecular weight excluding hydrogens is 180 g/mol. The summed E-state index contributed by atoms with van der Waals surface area (Å²) in [6, 6.07) is 4.46. The van der Waals surface area contributed by atoms with Crippen LogP contribution in [0.1, 0.15) is 37.6 Å². The Balaban J connectivity index is 2.74. The molecule has 1 rings (SSSR count). The van der Waals surface area contributed by atoms with E-state index in [0.717, 1.165) is 12.8 Å². The molecule has 0 saturated carbocycles. The minimum Gasteiger partial charge on any atom is -0.388 e. The van der Waals surface area contributed by atoms with Crippen molar-refractivity contribution >= 4 is 17.2 Å². The number of rotatable bonds is 4. The van der Waals surface area contributed by atoms with Crippen molar-refractivity contribution in [1.29, 1.82) is 0 Å². The smallest absolute Gasteiger partial charge is 0.0913 e. The largest absolute Gasteiger partial charge is 0.388 e. The van der Waals surface area contributed by atoms with Gasteiger partial charge in [-0.05, 0) is 24.8 Å². The van der Waals surface area contributed by atoms with Gasteiger partial charge in [0.25, 0.3) is 0 Å². The fourth-order valence-electron chi connectivity index (χ4n) is 1.27. The molecule has 13 heavy (non-hydrogen) atoms. The molecule has 0 radical (unpaired) electrons. The zero-order valence-corrected chi connectivity index (χ0v) is 8.97. The van der Waals surface area contributed by atoms with Crippen LogP contribution in [0.25, 0.3) is 0 Å². The van der Waals surface area contributed by atoms with Gasteiger partial charge in [0.2, 0.25) is 0 Å². The van der Waals surface area contributed by atoms with E-state index in [0.29, 0.717) is 5.84 Å². The van der Waals surface area contributed by atoms with Crippen molar-refractivity contribution < 1.29 is 0 Å². The van der Waals surface area contributed by atoms with Crippen molar-refractivity contribution in [3.05, 3.63) is 22.4 Å². The van der Waals surface area contributed by atoms with E-state index in [2.05, 4.69) is 29.4 Å². The summed E-state index contributed by atoms with van der Waals surface area (Å²) in [6.45, 7) is 4.01. The Bertz CT molecular complexity index is 260. The predicted octanol–water partition coefficient (Wildman–Crippen LogP) is 2.97. The van der Waals surface area contributed by atoms with Crippen LogP contribution in [-0.2, 0) is 0 Å². The first-order valence-electron chi connectivity index (χ1n) is 4.57. The SMILES string of the molecule is CCCC(N=C(C)N)c1cccs1. The normalized spacial score (nSPS) is 14.5. The summed E-state index contributed by atoms with van der Waals surface area (Å²) in [5.74, 6) is 0.673. The average molecular weight is 196 g/mol. The quantitative estimate of drug-likeness (QED) is 0.583. The molecule has 72 valence electrons. The van der Waals surface area contributed by atoms with Gasteiger partial charge in [-0.1, -0.05) is 19.4 Å². The van der Waals surface area contributed by atoms with E-state index in [4.69, 9.17) is 5.73 Å². The maximum absolute atomic E-state index is 5.58. The van der Waals surface area contributed by atoms with Gasteiger partial charge in [0, 0.05) is 4.88 Å². The van der Waals surface area contributed by atoms with E-state index in [1.54, 1.807) is 11.3 Å². The van der Waals surface area contributed by atoms with E-state index < -0.39 is 0 Å². The first-order chi connectivity index (χ1) is 6.24. The van der Waals surface area contributed by atoms with Crippen molar-refractivity contribution in [1.82, 2.24) is 0 Å². The van der Waals surface area contributed by atoms with Crippen molar-refractivity contribution in [2.75, 3.05) is 0 Å². The van der Waals surface area contributed by atoms with Crippen LogP contribution >= 0.6 is 11.3 Å². The molecule has 0 bridgehead atoms. The molecule has 0 amide bonds. The van der Waals surface area contributed by atoms with Crippen molar-refractivity contribution in [2.24, 2.45) is 10.7 Å². The van der Waals surface area contributed by atoms with Crippen LogP contribution in [0.3, 0.4) is 0 Å². The maximum Gasteiger partial charge on any atom is 0.0913 e. The third kappa shape index (κ3) is 3.19. The number of thiophene rings is 1. The second kappa shape index (κ2) is 5.02. The molecule has 1 unspecified atom stereocenters. The number of nitrogens with two attached hydrogens (primary N) is 1. The van der Waals surface area contributed by atoms with Crippen LogP contribution in [0.15, 0.2) is 22.5 Å². The lowest BCUT2D eigenvalue weighted by atomic mass is 10.1. The molecule has 0 fully saturated rings. The molecule has 2 N–H and O–H groups in total. The van der Waals surface area contributed by atoms with Gasteiger partial charge in [0.05, 0.1) is 11.9 Å². The minimum atomic E-state index is 0.273. The highest BCUT2D eigenvalue weighted by Gasteiger charge is 2.09. The molecule has 0 aliphatic carbocycles. The molecule has 0 aromatic carbocycles. The number of hydrogen-bond donors (Lipinski definition) is 1. The minimum absolute atomic E-state index is 0.273. The topological polar surface area (TPSA) is 38.4 Å². The molecule has 3 heteroatoms. The molecular formula is C10H16N2S. The lowest BCUT2D eigenvalue weighted by molar-refractivity contribution is 0.650. The monoisotopic (exact) mass is 196 g/mol. The summed E-state index contributed by atoms with van der Waals surface area (Å²) in [5, 5.41) is 2.08. The Kier molecular flexibility index (Phi) is 3.96. The van der Waals surface area contributed by atoms with Crippen LogP contribution < -0.4 is 5.73 Å². The van der Waals surface area contributed by atoms with Crippen LogP contribution in [-0.4, -0.2) is 5.84 Å². The van der Waals surface area contributed by atoms with Gasteiger partial charge in [0.15, 0.2) is 0 Å². The summed E-state index contributed by atoms with van der Waals surface area (Å²) in [7, 11) is 0. The standard InChI is InChI=1S/C10H16N2S/c1-3-5-9(12-8(2)11)10-6-4-7-13-10/h4,6-7,9H,3,5H2,1-2H3,(H2,11,12). The predicted molar refractivity (Wildman–Crippen MR) is 59.3 cm³/mol. The highest BCUT2D eigenvalue weighted by Crippen LogP contribution is 2.26. The van der Waals surface area contributed by atoms with Gasteiger partial charge in [-0.2, -0.15) is 0 Å². The third-order valence-electron chi connectivity index (χ3n) is 1.79. The van der Waals surface area contributed by atoms with Gasteiger partial charge in [-0.25, -0.2) is 0 Å². The Labute approximate surface area is 83.5 Å². The Morgan fingerprint density at radius 1 is 1.69 bits per heavy atom. The van der Waals surface area contributed by atoms with Gasteiger partial charge in [-0.3, -0.25) is 4.99 Å². The van der Waals surface area contributed by atoms with Crippen molar-refractivity contribution in [3.63, 3.8) is 0 Å². The van der Waals surface area contributed by atoms with E-state index >= 15 is 0 Å². The van der Waals surface area contributed by atoms with Gasteiger partial charge in [0.1, 0.15) is 0 Å². The summed E-state index contributed by atoms with van der Waals surface area (Å²) in [6.07, 6.45) is 2.22. The van der Waals surface area contributed by atoms with Gasteiger partial charge in [-0.15, -0.1) is 11.3 Å². The van der Waals surface area contributed by atoms with E-state index in [-0.39, 0.29) is 6.04 Å². The number of nitrogens with zero attached hydrogens (tertiary/aromatic N) is 1. The Morgan fingerprint density at radius 3 is 2.92 bits per heavy atom. The van der Waals surface area contributed by atoms with Gasteiger partial charge < -0.3 is 5.73 Å². The van der Waals surface area contributed by atoms with Crippen LogP contribution in [0, 0.1) is 0 Å². The second-order valence-corrected chi connectivity index (χ2v) is 4.07. The molecule has 0 aliphatic rings. The average Bonchev–Trinajstić information content (AvgIpc) is 2.54. The molecule has 1 aromatic heterocycles. The molecule has 1 aromatic rings. The lowest BCUT2D eigenvalue weighted by Crippen LogP contribution is -2.08. The van der Waals surface area contributed by atoms with Crippen LogP contribution in [0.2, 0.25) is 0 Å². The number of aliphatic imine (C=N–C) groups is 1. The van der Waals surface area contributed by atoms with Crippen molar-refractivity contribution in [2.45, 2.75) is 32.7 Å². The van der Waals surface area contributed by atoms with E-state index in [1.165, 1.54) is 4.88 Å². The fourth-order valence-corrected chi connectivity index (χ4v) is 2.07. The molecule has 1 atom stereocenters. The van der Waals surface area contributed by atoms with Crippen LogP contribution in [0.5, 0.6) is 0 Å². The molecule has 0 aliphatic heterocycles. The number of hydrogen-bond acceptors (Lipinski definition) is 2. The zero-order valence-electron chi connectivity index (χ0n) is 8.16. The highest BCUT2D eigenvalue weighted by atomic mass is 32.1. The molecule has 1 heterocycles. The summed E-state index contributed by atoms with van der Waals surface area (Å²) in [4.78, 5) is 5.73. The van der Waals surface area contributed by atoms with Gasteiger partial charge >= 0.3 is 0 Å². The van der Waals surface area contributed by atoms with E-state index in [9.17, 15) is 0 Å². The Hall–Kier alpha value is -0.830. The lowest BCUT2D eigenvalue weighted by Gasteiger charge is -2.09. The first-order valence-corrected chi connectivity index (χ1v) is 5.45. The fraction of sp³-hybridized carbons (Fsp3) is 0.500. The summed E-state index contributed by atoms with van der Waals surface area (Å²) < 4.78 is 0.